The van der Waals surface area contributed by atoms with Crippen LogP contribution in [0.15, 0.2) is 28.7 Å². The van der Waals surface area contributed by atoms with Gasteiger partial charge in [0.05, 0.1) is 0 Å². The quantitative estimate of drug-likeness (QED) is 0.885. The average molecular weight is 325 g/mol. The predicted molar refractivity (Wildman–Crippen MR) is 85.4 cm³/mol. The monoisotopic (exact) mass is 324 g/mol. The van der Waals surface area contributed by atoms with E-state index in [4.69, 9.17) is 0 Å². The lowest BCUT2D eigenvalue weighted by atomic mass is 9.97. The summed E-state index contributed by atoms with van der Waals surface area (Å²) in [5, 5.41) is 3.75. The van der Waals surface area contributed by atoms with Gasteiger partial charge in [-0.3, -0.25) is 0 Å². The number of likely N-dealkylation sites (tertiary alicyclic amines) is 1. The molecule has 2 nitrogen and oxygen atoms in total. The van der Waals surface area contributed by atoms with Gasteiger partial charge in [-0.2, -0.15) is 0 Å². The minimum absolute atomic E-state index is 0.486. The van der Waals surface area contributed by atoms with Gasteiger partial charge >= 0.3 is 0 Å². The molecule has 1 N–H and O–H groups in total. The Morgan fingerprint density at radius 2 is 2.11 bits per heavy atom. The second-order valence-electron chi connectivity index (χ2n) is 5.69. The maximum absolute atomic E-state index is 3.75. The van der Waals surface area contributed by atoms with E-state index in [-0.39, 0.29) is 0 Å². The predicted octanol–water partition coefficient (Wildman–Crippen LogP) is 3.83. The van der Waals surface area contributed by atoms with Crippen LogP contribution in [-0.4, -0.2) is 31.6 Å². The van der Waals surface area contributed by atoms with E-state index in [9.17, 15) is 0 Å². The fourth-order valence-corrected chi connectivity index (χ4v) is 3.21. The molecular formula is C16H25BrN2. The Balaban J connectivity index is 1.87. The van der Waals surface area contributed by atoms with Crippen LogP contribution in [0.2, 0.25) is 0 Å². The molecule has 0 bridgehead atoms. The maximum Gasteiger partial charge on any atom is 0.0317 e. The summed E-state index contributed by atoms with van der Waals surface area (Å²) < 4.78 is 1.15. The van der Waals surface area contributed by atoms with Gasteiger partial charge in [-0.25, -0.2) is 0 Å². The van der Waals surface area contributed by atoms with Crippen LogP contribution in [0, 0.1) is 5.92 Å². The van der Waals surface area contributed by atoms with Gasteiger partial charge in [-0.1, -0.05) is 35.0 Å². The Bertz CT molecular complexity index is 377. The average Bonchev–Trinajstić information content (AvgIpc) is 2.41. The molecule has 1 aliphatic rings. The molecule has 1 aliphatic heterocycles. The second kappa shape index (κ2) is 7.41. The first-order valence-corrected chi connectivity index (χ1v) is 8.15. The molecular weight excluding hydrogens is 300 g/mol. The molecule has 1 saturated heterocycles. The normalized spacial score (nSPS) is 22.4. The molecule has 3 heteroatoms. The highest BCUT2D eigenvalue weighted by molar-refractivity contribution is 9.10. The first kappa shape index (κ1) is 15.0. The van der Waals surface area contributed by atoms with Gasteiger partial charge in [-0.05, 0) is 63.0 Å². The summed E-state index contributed by atoms with van der Waals surface area (Å²) in [7, 11) is 2.23. The number of hydrogen-bond donors (Lipinski definition) is 1. The van der Waals surface area contributed by atoms with Gasteiger partial charge in [-0.15, -0.1) is 0 Å². The molecule has 0 spiro atoms. The lowest BCUT2D eigenvalue weighted by Gasteiger charge is -2.31. The summed E-state index contributed by atoms with van der Waals surface area (Å²) in [4.78, 5) is 2.45. The molecule has 0 amide bonds. The topological polar surface area (TPSA) is 15.3 Å². The van der Waals surface area contributed by atoms with Crippen LogP contribution in [0.4, 0.5) is 0 Å². The zero-order chi connectivity index (χ0) is 13.7. The van der Waals surface area contributed by atoms with Crippen molar-refractivity contribution in [1.82, 2.24) is 10.2 Å². The minimum atomic E-state index is 0.486. The molecule has 106 valence electrons. The summed E-state index contributed by atoms with van der Waals surface area (Å²) in [5.74, 6) is 0.809. The van der Waals surface area contributed by atoms with Gasteiger partial charge in [0.2, 0.25) is 0 Å². The third-order valence-electron chi connectivity index (χ3n) is 4.06. The van der Waals surface area contributed by atoms with E-state index >= 15 is 0 Å². The van der Waals surface area contributed by atoms with Crippen LogP contribution in [0.25, 0.3) is 0 Å². The summed E-state index contributed by atoms with van der Waals surface area (Å²) >= 11 is 3.50. The van der Waals surface area contributed by atoms with Crippen molar-refractivity contribution >= 4 is 15.9 Å². The highest BCUT2D eigenvalue weighted by Gasteiger charge is 2.18. The zero-order valence-corrected chi connectivity index (χ0v) is 13.6. The van der Waals surface area contributed by atoms with Crippen LogP contribution < -0.4 is 5.32 Å². The summed E-state index contributed by atoms with van der Waals surface area (Å²) in [6, 6.07) is 9.19. The molecule has 1 fully saturated rings. The summed E-state index contributed by atoms with van der Waals surface area (Å²) in [6.07, 6.45) is 3.86. The van der Waals surface area contributed by atoms with E-state index in [2.05, 4.69) is 64.4 Å². The van der Waals surface area contributed by atoms with E-state index in [1.165, 1.54) is 31.5 Å². The molecule has 0 radical (unpaired) electrons. The van der Waals surface area contributed by atoms with Crippen molar-refractivity contribution in [1.29, 1.82) is 0 Å². The Morgan fingerprint density at radius 1 is 1.37 bits per heavy atom. The fraction of sp³-hybridized carbons (Fsp3) is 0.625. The van der Waals surface area contributed by atoms with Crippen molar-refractivity contribution in [2.24, 2.45) is 5.92 Å². The fourth-order valence-electron chi connectivity index (χ4n) is 2.94. The third kappa shape index (κ3) is 4.59. The number of piperidine rings is 1. The first-order valence-electron chi connectivity index (χ1n) is 7.36. The molecule has 1 aromatic rings. The molecule has 0 saturated carbocycles. The van der Waals surface area contributed by atoms with E-state index in [1.54, 1.807) is 0 Å². The number of rotatable bonds is 5. The molecule has 0 aliphatic carbocycles. The maximum atomic E-state index is 3.75. The standard InChI is InChI=1S/C16H25BrN2/c1-3-16(14-6-8-15(17)9-7-14)18-11-13-5-4-10-19(2)12-13/h6-9,13,16,18H,3-5,10-12H2,1-2H3. The molecule has 19 heavy (non-hydrogen) atoms. The lowest BCUT2D eigenvalue weighted by Crippen LogP contribution is -2.38. The van der Waals surface area contributed by atoms with Gasteiger partial charge in [0.1, 0.15) is 0 Å². The number of hydrogen-bond acceptors (Lipinski definition) is 2. The lowest BCUT2D eigenvalue weighted by molar-refractivity contribution is 0.202. The number of nitrogens with one attached hydrogen (secondary N) is 1. The molecule has 2 rings (SSSR count). The molecule has 1 aromatic carbocycles. The van der Waals surface area contributed by atoms with Gasteiger partial charge in [0.15, 0.2) is 0 Å². The van der Waals surface area contributed by atoms with Crippen LogP contribution in [0.5, 0.6) is 0 Å². The van der Waals surface area contributed by atoms with Crippen LogP contribution >= 0.6 is 15.9 Å². The van der Waals surface area contributed by atoms with Crippen molar-refractivity contribution < 1.29 is 0 Å². The first-order chi connectivity index (χ1) is 9.19. The molecule has 2 unspecified atom stereocenters. The van der Waals surface area contributed by atoms with E-state index < -0.39 is 0 Å². The Labute approximate surface area is 125 Å². The molecule has 0 aromatic heterocycles. The van der Waals surface area contributed by atoms with Crippen LogP contribution in [-0.2, 0) is 0 Å². The van der Waals surface area contributed by atoms with Crippen molar-refractivity contribution in [3.05, 3.63) is 34.3 Å². The third-order valence-corrected chi connectivity index (χ3v) is 4.58. The van der Waals surface area contributed by atoms with E-state index in [0.717, 1.165) is 23.4 Å². The highest BCUT2D eigenvalue weighted by atomic mass is 79.9. The van der Waals surface area contributed by atoms with Gasteiger partial charge in [0.25, 0.3) is 0 Å². The summed E-state index contributed by atoms with van der Waals surface area (Å²) in [6.45, 7) is 5.90. The molecule has 2 atom stereocenters. The smallest absolute Gasteiger partial charge is 0.0317 e. The summed E-state index contributed by atoms with van der Waals surface area (Å²) in [5.41, 5.74) is 1.40. The van der Waals surface area contributed by atoms with Crippen molar-refractivity contribution in [2.45, 2.75) is 32.2 Å². The Hall–Kier alpha value is -0.380. The zero-order valence-electron chi connectivity index (χ0n) is 12.0. The highest BCUT2D eigenvalue weighted by Crippen LogP contribution is 2.21. The van der Waals surface area contributed by atoms with Gasteiger partial charge < -0.3 is 10.2 Å². The van der Waals surface area contributed by atoms with Crippen molar-refractivity contribution in [3.63, 3.8) is 0 Å². The second-order valence-corrected chi connectivity index (χ2v) is 6.61. The minimum Gasteiger partial charge on any atom is -0.310 e. The van der Waals surface area contributed by atoms with Crippen LogP contribution in [0.3, 0.4) is 0 Å². The SMILES string of the molecule is CCC(NCC1CCCN(C)C1)c1ccc(Br)cc1. The Morgan fingerprint density at radius 3 is 2.74 bits per heavy atom. The van der Waals surface area contributed by atoms with Crippen LogP contribution in [0.1, 0.15) is 37.8 Å². The molecule has 1 heterocycles. The Kier molecular flexibility index (Phi) is 5.86. The van der Waals surface area contributed by atoms with Crippen molar-refractivity contribution in [2.75, 3.05) is 26.7 Å². The number of nitrogens with zero attached hydrogens (tertiary/aromatic N) is 1. The largest absolute Gasteiger partial charge is 0.310 e. The van der Waals surface area contributed by atoms with E-state index in [0.29, 0.717) is 6.04 Å². The number of halogens is 1. The van der Waals surface area contributed by atoms with Crippen molar-refractivity contribution in [3.8, 4) is 0 Å². The van der Waals surface area contributed by atoms with Gasteiger partial charge in [0, 0.05) is 17.1 Å². The van der Waals surface area contributed by atoms with E-state index in [1.807, 2.05) is 0 Å². The number of benzene rings is 1.